The van der Waals surface area contributed by atoms with Gasteiger partial charge in [0.15, 0.2) is 11.7 Å². The van der Waals surface area contributed by atoms with Crippen molar-refractivity contribution in [2.75, 3.05) is 6.61 Å². The molecule has 0 aliphatic rings. The van der Waals surface area contributed by atoms with E-state index in [1.165, 1.54) is 24.3 Å². The molecule has 4 N–H and O–H groups in total. The Hall–Kier alpha value is -3.13. The summed E-state index contributed by atoms with van der Waals surface area (Å²) in [6, 6.07) is 11.4. The number of benzene rings is 2. The number of hydrogen-bond donors (Lipinski definition) is 4. The second-order valence-electron chi connectivity index (χ2n) is 5.56. The molecule has 0 heterocycles. The summed E-state index contributed by atoms with van der Waals surface area (Å²) in [5.41, 5.74) is 7.04. The topological polar surface area (TPSA) is 99.7 Å². The molecule has 2 aromatic carbocycles. The minimum atomic E-state index is -0.465. The molecule has 0 saturated heterocycles. The fourth-order valence-corrected chi connectivity index (χ4v) is 2.16. The van der Waals surface area contributed by atoms with Crippen LogP contribution in [0.1, 0.15) is 21.5 Å². The second-order valence-corrected chi connectivity index (χ2v) is 5.97. The van der Waals surface area contributed by atoms with Crippen LogP contribution in [-0.2, 0) is 4.79 Å². The number of carbonyl (C=O) groups excluding carboxylic acids is 2. The minimum absolute atomic E-state index is 0.0566. The van der Waals surface area contributed by atoms with Crippen molar-refractivity contribution in [3.8, 4) is 11.5 Å². The van der Waals surface area contributed by atoms with Gasteiger partial charge in [-0.3, -0.25) is 25.8 Å². The Morgan fingerprint density at radius 1 is 1.08 bits per heavy atom. The first kappa shape index (κ1) is 19.2. The number of thiocarbonyl (C=S) groups is 1. The number of phenols is 1. The summed E-state index contributed by atoms with van der Waals surface area (Å²) in [5, 5.41) is 11.5. The molecule has 2 amide bonds. The molecule has 26 heavy (non-hydrogen) atoms. The van der Waals surface area contributed by atoms with Gasteiger partial charge in [-0.1, -0.05) is 12.1 Å². The average molecular weight is 373 g/mol. The number of hydrazine groups is 1. The third-order valence-electron chi connectivity index (χ3n) is 3.37. The maximum absolute atomic E-state index is 11.9. The smallest absolute Gasteiger partial charge is 0.269 e. The molecular weight excluding hydrogens is 354 g/mol. The van der Waals surface area contributed by atoms with Crippen LogP contribution in [-0.4, -0.2) is 28.6 Å². The van der Waals surface area contributed by atoms with Gasteiger partial charge in [-0.05, 0) is 67.5 Å². The molecule has 136 valence electrons. The fourth-order valence-electron chi connectivity index (χ4n) is 2.00. The van der Waals surface area contributed by atoms with Crippen molar-refractivity contribution >= 4 is 29.1 Å². The largest absolute Gasteiger partial charge is 0.508 e. The molecular formula is C18H19N3O4S. The first-order valence-corrected chi connectivity index (χ1v) is 8.15. The van der Waals surface area contributed by atoms with E-state index in [0.717, 1.165) is 11.1 Å². The van der Waals surface area contributed by atoms with Crippen LogP contribution < -0.4 is 20.9 Å². The second kappa shape index (κ2) is 8.82. The quantitative estimate of drug-likeness (QED) is 0.481. The van der Waals surface area contributed by atoms with Crippen molar-refractivity contribution in [1.29, 1.82) is 0 Å². The molecule has 0 bridgehead atoms. The summed E-state index contributed by atoms with van der Waals surface area (Å²) in [6.45, 7) is 3.61. The van der Waals surface area contributed by atoms with Crippen molar-refractivity contribution in [3.05, 3.63) is 59.2 Å². The summed E-state index contributed by atoms with van der Waals surface area (Å²) in [6.07, 6.45) is 0. The zero-order valence-corrected chi connectivity index (χ0v) is 15.1. The molecule has 0 aliphatic carbocycles. The van der Waals surface area contributed by atoms with Gasteiger partial charge in [0.1, 0.15) is 11.5 Å². The van der Waals surface area contributed by atoms with Gasteiger partial charge in [-0.2, -0.15) is 0 Å². The molecule has 2 aromatic rings. The van der Waals surface area contributed by atoms with E-state index in [1.807, 2.05) is 32.0 Å². The van der Waals surface area contributed by atoms with Crippen LogP contribution in [0, 0.1) is 13.8 Å². The van der Waals surface area contributed by atoms with Crippen molar-refractivity contribution < 1.29 is 19.4 Å². The third kappa shape index (κ3) is 5.75. The number of amides is 2. The molecule has 0 spiro atoms. The maximum atomic E-state index is 11.9. The van der Waals surface area contributed by atoms with Gasteiger partial charge in [-0.15, -0.1) is 0 Å². The highest BCUT2D eigenvalue weighted by Crippen LogP contribution is 2.18. The van der Waals surface area contributed by atoms with Crippen LogP contribution in [0.3, 0.4) is 0 Å². The van der Waals surface area contributed by atoms with Crippen molar-refractivity contribution in [1.82, 2.24) is 16.2 Å². The Morgan fingerprint density at radius 2 is 1.77 bits per heavy atom. The molecule has 0 radical (unpaired) electrons. The molecule has 0 aliphatic heterocycles. The van der Waals surface area contributed by atoms with Crippen LogP contribution >= 0.6 is 12.2 Å². The average Bonchev–Trinajstić information content (AvgIpc) is 2.61. The van der Waals surface area contributed by atoms with E-state index >= 15 is 0 Å². The van der Waals surface area contributed by atoms with E-state index in [9.17, 15) is 14.7 Å². The first-order chi connectivity index (χ1) is 12.3. The molecule has 0 atom stereocenters. The number of nitrogens with one attached hydrogen (secondary N) is 3. The van der Waals surface area contributed by atoms with Gasteiger partial charge in [0, 0.05) is 5.56 Å². The zero-order valence-electron chi connectivity index (χ0n) is 14.3. The van der Waals surface area contributed by atoms with Gasteiger partial charge < -0.3 is 9.84 Å². The SMILES string of the molecule is Cc1ccc(C)c(OCC(=O)NC(=S)NNC(=O)c2ccc(O)cc2)c1. The molecule has 7 nitrogen and oxygen atoms in total. The van der Waals surface area contributed by atoms with Crippen LogP contribution in [0.5, 0.6) is 11.5 Å². The lowest BCUT2D eigenvalue weighted by atomic mass is 10.1. The van der Waals surface area contributed by atoms with Crippen molar-refractivity contribution in [2.45, 2.75) is 13.8 Å². The number of hydrogen-bond acceptors (Lipinski definition) is 5. The Balaban J connectivity index is 1.76. The highest BCUT2D eigenvalue weighted by Gasteiger charge is 2.09. The van der Waals surface area contributed by atoms with Gasteiger partial charge >= 0.3 is 0 Å². The molecule has 0 fully saturated rings. The molecule has 0 saturated carbocycles. The van der Waals surface area contributed by atoms with E-state index < -0.39 is 11.8 Å². The predicted octanol–water partition coefficient (Wildman–Crippen LogP) is 1.72. The summed E-state index contributed by atoms with van der Waals surface area (Å²) < 4.78 is 5.48. The van der Waals surface area contributed by atoms with E-state index in [4.69, 9.17) is 17.0 Å². The van der Waals surface area contributed by atoms with E-state index in [2.05, 4.69) is 16.2 Å². The summed E-state index contributed by atoms with van der Waals surface area (Å²) in [4.78, 5) is 23.7. The molecule has 0 aromatic heterocycles. The van der Waals surface area contributed by atoms with Crippen molar-refractivity contribution in [3.63, 3.8) is 0 Å². The number of ether oxygens (including phenoxy) is 1. The third-order valence-corrected chi connectivity index (χ3v) is 3.58. The Kier molecular flexibility index (Phi) is 6.51. The predicted molar refractivity (Wildman–Crippen MR) is 101 cm³/mol. The van der Waals surface area contributed by atoms with Gasteiger partial charge in [0.05, 0.1) is 0 Å². The standard InChI is InChI=1S/C18H19N3O4S/c1-11-3-4-12(2)15(9-11)25-10-16(23)19-18(26)21-20-17(24)13-5-7-14(22)8-6-13/h3-9,22H,10H2,1-2H3,(H,20,24)(H2,19,21,23,26). The summed E-state index contributed by atoms with van der Waals surface area (Å²) >= 11 is 4.94. The molecule has 2 rings (SSSR count). The Morgan fingerprint density at radius 3 is 2.46 bits per heavy atom. The summed E-state index contributed by atoms with van der Waals surface area (Å²) in [7, 11) is 0. The van der Waals surface area contributed by atoms with Crippen LogP contribution in [0.25, 0.3) is 0 Å². The number of aryl methyl sites for hydroxylation is 2. The minimum Gasteiger partial charge on any atom is -0.508 e. The maximum Gasteiger partial charge on any atom is 0.269 e. The Labute approximate surface area is 156 Å². The van der Waals surface area contributed by atoms with Crippen LogP contribution in [0.2, 0.25) is 0 Å². The lowest BCUT2D eigenvalue weighted by molar-refractivity contribution is -0.121. The highest BCUT2D eigenvalue weighted by molar-refractivity contribution is 7.80. The van der Waals surface area contributed by atoms with Gasteiger partial charge in [0.2, 0.25) is 0 Å². The number of rotatable bonds is 4. The lowest BCUT2D eigenvalue weighted by Crippen LogP contribution is -2.49. The van der Waals surface area contributed by atoms with Crippen molar-refractivity contribution in [2.24, 2.45) is 0 Å². The summed E-state index contributed by atoms with van der Waals surface area (Å²) in [5.74, 6) is -0.240. The van der Waals surface area contributed by atoms with Gasteiger partial charge in [-0.25, -0.2) is 0 Å². The number of phenolic OH excluding ortho intramolecular Hbond substituents is 1. The van der Waals surface area contributed by atoms with E-state index in [1.54, 1.807) is 0 Å². The first-order valence-electron chi connectivity index (χ1n) is 7.74. The lowest BCUT2D eigenvalue weighted by Gasteiger charge is -2.12. The van der Waals surface area contributed by atoms with Crippen LogP contribution in [0.4, 0.5) is 0 Å². The molecule has 8 heteroatoms. The fraction of sp³-hybridized carbons (Fsp3) is 0.167. The highest BCUT2D eigenvalue weighted by atomic mass is 32.1. The van der Waals surface area contributed by atoms with Gasteiger partial charge in [0.25, 0.3) is 11.8 Å². The number of aromatic hydroxyl groups is 1. The number of carbonyl (C=O) groups is 2. The van der Waals surface area contributed by atoms with Crippen LogP contribution in [0.15, 0.2) is 42.5 Å². The van der Waals surface area contributed by atoms with E-state index in [0.29, 0.717) is 11.3 Å². The zero-order chi connectivity index (χ0) is 19.1. The monoisotopic (exact) mass is 373 g/mol. The van der Waals surface area contributed by atoms with E-state index in [-0.39, 0.29) is 17.5 Å². The normalized spacial score (nSPS) is 9.92. The Bertz CT molecular complexity index is 822. The molecule has 0 unspecified atom stereocenters.